The average Bonchev–Trinajstić information content (AvgIpc) is 3.39. The van der Waals surface area contributed by atoms with Crippen LogP contribution in [-0.2, 0) is 20.9 Å². The third-order valence-corrected chi connectivity index (χ3v) is 7.19. The maximum absolute atomic E-state index is 14.9. The molecule has 3 aromatic rings. The zero-order valence-corrected chi connectivity index (χ0v) is 19.8. The molecule has 1 saturated carbocycles. The number of Topliss-reactive ketones (excluding diaryl/α,β-unsaturated/α-hetero) is 2. The molecular weight excluding hydrogens is 449 g/mol. The quantitative estimate of drug-likeness (QED) is 0.464. The van der Waals surface area contributed by atoms with E-state index in [2.05, 4.69) is 17.2 Å². The lowest BCUT2D eigenvalue weighted by Gasteiger charge is -2.26. The molecule has 8 heteroatoms. The highest BCUT2D eigenvalue weighted by molar-refractivity contribution is 6.05. The van der Waals surface area contributed by atoms with Crippen molar-refractivity contribution in [2.24, 2.45) is 5.92 Å². The normalized spacial score (nSPS) is 25.7. The van der Waals surface area contributed by atoms with Gasteiger partial charge in [-0.3, -0.25) is 19.1 Å². The smallest absolute Gasteiger partial charge is 0.245 e. The fraction of sp³-hybridized carbons (Fsp3) is 0.407. The Morgan fingerprint density at radius 3 is 2.51 bits per heavy atom. The number of rotatable bonds is 8. The first-order valence-corrected chi connectivity index (χ1v) is 11.9. The predicted molar refractivity (Wildman–Crippen MR) is 128 cm³/mol. The summed E-state index contributed by atoms with van der Waals surface area (Å²) in [6.45, 7) is 1.02. The summed E-state index contributed by atoms with van der Waals surface area (Å²) < 4.78 is 21.7. The number of aromatic nitrogens is 2. The maximum Gasteiger partial charge on any atom is 0.245 e. The van der Waals surface area contributed by atoms with E-state index in [1.807, 2.05) is 18.2 Å². The molecule has 2 aromatic carbocycles. The van der Waals surface area contributed by atoms with Gasteiger partial charge in [0.2, 0.25) is 5.91 Å². The Balaban J connectivity index is 1.35. The fourth-order valence-electron chi connectivity index (χ4n) is 5.36. The Hall–Kier alpha value is -3.39. The van der Waals surface area contributed by atoms with Crippen molar-refractivity contribution in [2.45, 2.75) is 50.5 Å². The Bertz CT molecular complexity index is 1270. The summed E-state index contributed by atoms with van der Waals surface area (Å²) in [5.41, 5.74) is 2.11. The van der Waals surface area contributed by atoms with Crippen molar-refractivity contribution in [2.75, 3.05) is 13.7 Å². The van der Waals surface area contributed by atoms with E-state index in [4.69, 9.17) is 4.74 Å². The summed E-state index contributed by atoms with van der Waals surface area (Å²) in [6, 6.07) is 16.2. The summed E-state index contributed by atoms with van der Waals surface area (Å²) >= 11 is 0. The molecule has 5 rings (SSSR count). The molecule has 0 unspecified atom stereocenters. The van der Waals surface area contributed by atoms with Crippen molar-refractivity contribution in [1.29, 1.82) is 0 Å². The van der Waals surface area contributed by atoms with Gasteiger partial charge in [0, 0.05) is 25.8 Å². The van der Waals surface area contributed by atoms with Crippen LogP contribution in [0.4, 0.5) is 4.39 Å². The van der Waals surface area contributed by atoms with Gasteiger partial charge < -0.3 is 9.64 Å². The van der Waals surface area contributed by atoms with Crippen LogP contribution in [0, 0.1) is 5.92 Å². The third-order valence-electron chi connectivity index (χ3n) is 7.19. The van der Waals surface area contributed by atoms with Crippen LogP contribution in [0.25, 0.3) is 10.9 Å². The Kier molecular flexibility index (Phi) is 6.23. The highest BCUT2D eigenvalue weighted by Gasteiger charge is 2.50. The largest absolute Gasteiger partial charge is 0.376 e. The number of carbonyl (C=O) groups excluding carboxylic acids is 3. The van der Waals surface area contributed by atoms with Crippen LogP contribution in [0.15, 0.2) is 54.6 Å². The Labute approximate surface area is 202 Å². The standard InChI is InChI=1S/C27H28FN3O4/c1-16(32)25-19-10-6-7-11-22(19)31(29-25)15-24(34)30-14-21(28)27(35-2)26(30)23(33)13-18-12-20(18)17-8-4-3-5-9-17/h3-11,18,20-21,26-27H,12-15H2,1-2H3/t18-,20-,21-,26+,27+/m0/s1. The first-order chi connectivity index (χ1) is 16.9. The number of hydrogen-bond acceptors (Lipinski definition) is 5. The van der Waals surface area contributed by atoms with Crippen LogP contribution >= 0.6 is 0 Å². The monoisotopic (exact) mass is 477 g/mol. The van der Waals surface area contributed by atoms with Gasteiger partial charge in [0.1, 0.15) is 30.6 Å². The zero-order valence-electron chi connectivity index (χ0n) is 19.8. The lowest BCUT2D eigenvalue weighted by Crippen LogP contribution is -2.47. The Morgan fingerprint density at radius 2 is 1.80 bits per heavy atom. The molecule has 1 aliphatic carbocycles. The summed E-state index contributed by atoms with van der Waals surface area (Å²) in [6.07, 6.45) is -1.27. The van der Waals surface area contributed by atoms with Crippen molar-refractivity contribution < 1.29 is 23.5 Å². The molecule has 0 spiro atoms. The third kappa shape index (κ3) is 4.38. The van der Waals surface area contributed by atoms with Gasteiger partial charge in [-0.25, -0.2) is 4.39 Å². The number of nitrogens with zero attached hydrogens (tertiary/aromatic N) is 3. The first kappa shape index (κ1) is 23.4. The number of fused-ring (bicyclic) bond motifs is 1. The minimum atomic E-state index is -1.45. The summed E-state index contributed by atoms with van der Waals surface area (Å²) in [5, 5.41) is 4.99. The van der Waals surface area contributed by atoms with Crippen molar-refractivity contribution in [3.63, 3.8) is 0 Å². The van der Waals surface area contributed by atoms with Crippen molar-refractivity contribution in [3.8, 4) is 0 Å². The average molecular weight is 478 g/mol. The van der Waals surface area contributed by atoms with Gasteiger partial charge in [0.25, 0.3) is 0 Å². The van der Waals surface area contributed by atoms with Crippen LogP contribution in [0.1, 0.15) is 41.7 Å². The minimum absolute atomic E-state index is 0.177. The van der Waals surface area contributed by atoms with Gasteiger partial charge in [-0.15, -0.1) is 0 Å². The van der Waals surface area contributed by atoms with Gasteiger partial charge in [0.15, 0.2) is 11.6 Å². The number of ketones is 2. The molecule has 0 radical (unpaired) electrons. The van der Waals surface area contributed by atoms with Crippen LogP contribution < -0.4 is 0 Å². The fourth-order valence-corrected chi connectivity index (χ4v) is 5.36. The van der Waals surface area contributed by atoms with Gasteiger partial charge in [-0.1, -0.05) is 48.5 Å². The number of halogens is 1. The number of ether oxygens (including phenoxy) is 1. The molecule has 2 heterocycles. The van der Waals surface area contributed by atoms with Crippen molar-refractivity contribution in [1.82, 2.24) is 14.7 Å². The molecule has 5 atom stereocenters. The second-order valence-corrected chi connectivity index (χ2v) is 9.47. The number of benzene rings is 2. The van der Waals surface area contributed by atoms with Crippen LogP contribution in [0.5, 0.6) is 0 Å². The number of carbonyl (C=O) groups is 3. The minimum Gasteiger partial charge on any atom is -0.376 e. The van der Waals surface area contributed by atoms with Crippen LogP contribution in [0.3, 0.4) is 0 Å². The van der Waals surface area contributed by atoms with E-state index < -0.39 is 24.2 Å². The van der Waals surface area contributed by atoms with E-state index in [0.29, 0.717) is 16.8 Å². The molecule has 1 aromatic heterocycles. The van der Waals surface area contributed by atoms with Gasteiger partial charge in [-0.2, -0.15) is 5.10 Å². The van der Waals surface area contributed by atoms with Gasteiger partial charge >= 0.3 is 0 Å². The van der Waals surface area contributed by atoms with E-state index in [9.17, 15) is 18.8 Å². The number of hydrogen-bond donors (Lipinski definition) is 0. The van der Waals surface area contributed by atoms with E-state index in [1.165, 1.54) is 29.2 Å². The molecule has 2 fully saturated rings. The molecule has 182 valence electrons. The first-order valence-electron chi connectivity index (χ1n) is 11.9. The van der Waals surface area contributed by atoms with E-state index >= 15 is 0 Å². The summed E-state index contributed by atoms with van der Waals surface area (Å²) in [7, 11) is 1.37. The molecule has 0 N–H and O–H groups in total. The molecule has 1 amide bonds. The lowest BCUT2D eigenvalue weighted by atomic mass is 9.99. The van der Waals surface area contributed by atoms with Gasteiger partial charge in [-0.05, 0) is 29.9 Å². The number of amides is 1. The zero-order chi connectivity index (χ0) is 24.7. The highest BCUT2D eigenvalue weighted by atomic mass is 19.1. The second-order valence-electron chi connectivity index (χ2n) is 9.47. The Morgan fingerprint density at radius 1 is 1.09 bits per heavy atom. The topological polar surface area (TPSA) is 81.5 Å². The maximum atomic E-state index is 14.9. The van der Waals surface area contributed by atoms with E-state index in [1.54, 1.807) is 24.3 Å². The lowest BCUT2D eigenvalue weighted by molar-refractivity contribution is -0.140. The number of methoxy groups -OCH3 is 1. The highest BCUT2D eigenvalue weighted by Crippen LogP contribution is 2.50. The number of alkyl halides is 1. The SMILES string of the molecule is CO[C@H]1[C@@H](C(=O)C[C@@H]2C[C@H]2c2ccccc2)N(C(=O)Cn2nc(C(C)=O)c3ccccc32)C[C@@H]1F. The number of para-hydroxylation sites is 1. The molecule has 0 bridgehead atoms. The molecule has 2 aliphatic rings. The summed E-state index contributed by atoms with van der Waals surface area (Å²) in [4.78, 5) is 40.0. The van der Waals surface area contributed by atoms with Crippen LogP contribution in [-0.4, -0.2) is 64.1 Å². The van der Waals surface area contributed by atoms with E-state index in [0.717, 1.165) is 6.42 Å². The van der Waals surface area contributed by atoms with Gasteiger partial charge in [0.05, 0.1) is 12.1 Å². The van der Waals surface area contributed by atoms with Crippen molar-refractivity contribution >= 4 is 28.4 Å². The molecule has 1 aliphatic heterocycles. The predicted octanol–water partition coefficient (Wildman–Crippen LogP) is 3.57. The molecule has 35 heavy (non-hydrogen) atoms. The second kappa shape index (κ2) is 9.34. The molecular formula is C27H28FN3O4. The molecule has 7 nitrogen and oxygen atoms in total. The van der Waals surface area contributed by atoms with E-state index in [-0.39, 0.29) is 42.7 Å². The summed E-state index contributed by atoms with van der Waals surface area (Å²) in [5.74, 6) is -0.311. The van der Waals surface area contributed by atoms with Crippen molar-refractivity contribution in [3.05, 3.63) is 65.9 Å². The van der Waals surface area contributed by atoms with Crippen LogP contribution in [0.2, 0.25) is 0 Å². The molecule has 1 saturated heterocycles. The number of likely N-dealkylation sites (tertiary alicyclic amines) is 1.